The molecule has 1 N–H and O–H groups in total. The van der Waals surface area contributed by atoms with Gasteiger partial charge in [0.15, 0.2) is 0 Å². The Labute approximate surface area is 214 Å². The standard InChI is InChI=1S/C31H37NO4/c1-3-4-5-6-7-8-9-10-20-35-28-17-14-25(15-18-28)31(34)36-29-19-16-26(30(33)22-29)23-32-27-13-11-12-24(2)21-27/h11-19,21-23,33H,3-10,20H2,1-2H3. The fraction of sp³-hybridized carbons (Fsp3) is 0.355. The third kappa shape index (κ3) is 9.21. The summed E-state index contributed by atoms with van der Waals surface area (Å²) >= 11 is 0. The van der Waals surface area contributed by atoms with Crippen LogP contribution < -0.4 is 9.47 Å². The van der Waals surface area contributed by atoms with Crippen molar-refractivity contribution in [3.8, 4) is 17.2 Å². The lowest BCUT2D eigenvalue weighted by atomic mass is 10.1. The van der Waals surface area contributed by atoms with E-state index in [4.69, 9.17) is 9.47 Å². The lowest BCUT2D eigenvalue weighted by Gasteiger charge is -2.08. The van der Waals surface area contributed by atoms with Crippen LogP contribution in [0.3, 0.4) is 0 Å². The number of aliphatic imine (C=N–C) groups is 1. The number of esters is 1. The molecule has 3 aromatic carbocycles. The van der Waals surface area contributed by atoms with Crippen molar-refractivity contribution in [2.45, 2.75) is 65.2 Å². The highest BCUT2D eigenvalue weighted by Crippen LogP contribution is 2.24. The zero-order valence-corrected chi connectivity index (χ0v) is 21.4. The van der Waals surface area contributed by atoms with Gasteiger partial charge in [0.2, 0.25) is 0 Å². The van der Waals surface area contributed by atoms with Crippen molar-refractivity contribution in [2.75, 3.05) is 6.61 Å². The number of unbranched alkanes of at least 4 members (excludes halogenated alkanes) is 7. The second-order valence-electron chi connectivity index (χ2n) is 9.06. The Bertz CT molecular complexity index is 1120. The maximum Gasteiger partial charge on any atom is 0.343 e. The maximum absolute atomic E-state index is 12.5. The minimum atomic E-state index is -0.495. The lowest BCUT2D eigenvalue weighted by molar-refractivity contribution is 0.0734. The van der Waals surface area contributed by atoms with E-state index in [9.17, 15) is 9.90 Å². The number of phenolic OH excluding ortho intramolecular Hbond substituents is 1. The molecular formula is C31H37NO4. The monoisotopic (exact) mass is 487 g/mol. The Morgan fingerprint density at radius 2 is 1.56 bits per heavy atom. The number of carbonyl (C=O) groups excluding carboxylic acids is 1. The van der Waals surface area contributed by atoms with Gasteiger partial charge in [0.25, 0.3) is 0 Å². The van der Waals surface area contributed by atoms with Crippen LogP contribution >= 0.6 is 0 Å². The summed E-state index contributed by atoms with van der Waals surface area (Å²) in [5.74, 6) is 0.497. The molecule has 0 aliphatic heterocycles. The molecule has 190 valence electrons. The first-order valence-electron chi connectivity index (χ1n) is 12.9. The average Bonchev–Trinajstić information content (AvgIpc) is 2.87. The Balaban J connectivity index is 1.43. The molecular weight excluding hydrogens is 450 g/mol. The summed E-state index contributed by atoms with van der Waals surface area (Å²) in [5, 5.41) is 10.3. The highest BCUT2D eigenvalue weighted by atomic mass is 16.5. The number of ether oxygens (including phenoxy) is 2. The van der Waals surface area contributed by atoms with Gasteiger partial charge in [0.1, 0.15) is 17.2 Å². The molecule has 0 aliphatic rings. The summed E-state index contributed by atoms with van der Waals surface area (Å²) in [4.78, 5) is 16.9. The zero-order chi connectivity index (χ0) is 25.6. The first-order valence-corrected chi connectivity index (χ1v) is 12.9. The van der Waals surface area contributed by atoms with E-state index in [1.54, 1.807) is 42.6 Å². The van der Waals surface area contributed by atoms with Crippen molar-refractivity contribution < 1.29 is 19.4 Å². The summed E-state index contributed by atoms with van der Waals surface area (Å²) < 4.78 is 11.2. The van der Waals surface area contributed by atoms with Gasteiger partial charge < -0.3 is 14.6 Å². The lowest BCUT2D eigenvalue weighted by Crippen LogP contribution is -2.08. The van der Waals surface area contributed by atoms with Crippen molar-refractivity contribution in [3.05, 3.63) is 83.4 Å². The van der Waals surface area contributed by atoms with E-state index in [2.05, 4.69) is 11.9 Å². The number of aryl methyl sites for hydroxylation is 1. The third-order valence-corrected chi connectivity index (χ3v) is 5.92. The summed E-state index contributed by atoms with van der Waals surface area (Å²) in [6.07, 6.45) is 11.7. The van der Waals surface area contributed by atoms with Crippen molar-refractivity contribution >= 4 is 17.9 Å². The van der Waals surface area contributed by atoms with E-state index in [0.717, 1.165) is 23.4 Å². The average molecular weight is 488 g/mol. The summed E-state index contributed by atoms with van der Waals surface area (Å²) in [5.41, 5.74) is 2.86. The third-order valence-electron chi connectivity index (χ3n) is 5.92. The largest absolute Gasteiger partial charge is 0.507 e. The first-order chi connectivity index (χ1) is 17.5. The van der Waals surface area contributed by atoms with E-state index in [1.165, 1.54) is 51.0 Å². The second-order valence-corrected chi connectivity index (χ2v) is 9.06. The van der Waals surface area contributed by atoms with E-state index >= 15 is 0 Å². The number of hydrogen-bond acceptors (Lipinski definition) is 5. The van der Waals surface area contributed by atoms with Crippen molar-refractivity contribution in [1.82, 2.24) is 0 Å². The molecule has 0 spiro atoms. The predicted molar refractivity (Wildman–Crippen MR) is 146 cm³/mol. The van der Waals surface area contributed by atoms with Crippen molar-refractivity contribution in [1.29, 1.82) is 0 Å². The summed E-state index contributed by atoms with van der Waals surface area (Å²) in [7, 11) is 0. The van der Waals surface area contributed by atoms with Crippen LogP contribution in [0.2, 0.25) is 0 Å². The van der Waals surface area contributed by atoms with Crippen LogP contribution in [0.1, 0.15) is 79.8 Å². The molecule has 3 rings (SSSR count). The van der Waals surface area contributed by atoms with E-state index in [-0.39, 0.29) is 11.5 Å². The Morgan fingerprint density at radius 1 is 0.861 bits per heavy atom. The molecule has 0 unspecified atom stereocenters. The molecule has 0 amide bonds. The van der Waals surface area contributed by atoms with Crippen LogP contribution in [0.25, 0.3) is 0 Å². The molecule has 5 nitrogen and oxygen atoms in total. The quantitative estimate of drug-likeness (QED) is 0.108. The number of phenols is 1. The van der Waals surface area contributed by atoms with Crippen LogP contribution in [0.15, 0.2) is 71.7 Å². The molecule has 0 heterocycles. The van der Waals surface area contributed by atoms with Gasteiger partial charge in [-0.15, -0.1) is 0 Å². The smallest absolute Gasteiger partial charge is 0.343 e. The zero-order valence-electron chi connectivity index (χ0n) is 21.4. The van der Waals surface area contributed by atoms with Gasteiger partial charge >= 0.3 is 5.97 Å². The van der Waals surface area contributed by atoms with Gasteiger partial charge in [-0.05, 0) is 67.4 Å². The number of nitrogens with zero attached hydrogens (tertiary/aromatic N) is 1. The topological polar surface area (TPSA) is 68.1 Å². The number of carbonyl (C=O) groups is 1. The van der Waals surface area contributed by atoms with Gasteiger partial charge in [-0.2, -0.15) is 0 Å². The number of rotatable bonds is 14. The van der Waals surface area contributed by atoms with Gasteiger partial charge in [0.05, 0.1) is 17.9 Å². The minimum absolute atomic E-state index is 0.0126. The van der Waals surface area contributed by atoms with E-state index in [1.807, 2.05) is 31.2 Å². The normalized spacial score (nSPS) is 11.1. The fourth-order valence-corrected chi connectivity index (χ4v) is 3.83. The van der Waals surface area contributed by atoms with Gasteiger partial charge in [-0.3, -0.25) is 4.99 Å². The highest BCUT2D eigenvalue weighted by Gasteiger charge is 2.10. The molecule has 0 radical (unpaired) electrons. The number of benzene rings is 3. The summed E-state index contributed by atoms with van der Waals surface area (Å²) in [6.45, 7) is 4.91. The van der Waals surface area contributed by atoms with Crippen LogP contribution in [0.5, 0.6) is 17.2 Å². The maximum atomic E-state index is 12.5. The molecule has 36 heavy (non-hydrogen) atoms. The van der Waals surface area contributed by atoms with Crippen LogP contribution in [0.4, 0.5) is 5.69 Å². The fourth-order valence-electron chi connectivity index (χ4n) is 3.83. The van der Waals surface area contributed by atoms with E-state index < -0.39 is 5.97 Å². The molecule has 3 aromatic rings. The number of aromatic hydroxyl groups is 1. The minimum Gasteiger partial charge on any atom is -0.507 e. The molecule has 5 heteroatoms. The molecule has 0 saturated heterocycles. The molecule has 0 aromatic heterocycles. The number of hydrogen-bond donors (Lipinski definition) is 1. The first kappa shape index (κ1) is 27.0. The van der Waals surface area contributed by atoms with Gasteiger partial charge in [0, 0.05) is 17.8 Å². The van der Waals surface area contributed by atoms with Crippen molar-refractivity contribution in [3.63, 3.8) is 0 Å². The van der Waals surface area contributed by atoms with E-state index in [0.29, 0.717) is 17.7 Å². The molecule has 0 atom stereocenters. The Hall–Kier alpha value is -3.60. The van der Waals surface area contributed by atoms with Gasteiger partial charge in [-0.25, -0.2) is 4.79 Å². The van der Waals surface area contributed by atoms with Crippen LogP contribution in [0, 0.1) is 6.92 Å². The second kappa shape index (κ2) is 14.7. The highest BCUT2D eigenvalue weighted by molar-refractivity contribution is 5.91. The van der Waals surface area contributed by atoms with Gasteiger partial charge in [-0.1, -0.05) is 64.0 Å². The molecule has 0 bridgehead atoms. The summed E-state index contributed by atoms with van der Waals surface area (Å²) in [6, 6.07) is 19.4. The Morgan fingerprint density at radius 3 is 2.25 bits per heavy atom. The predicted octanol–water partition coefficient (Wildman–Crippen LogP) is 8.19. The van der Waals surface area contributed by atoms with Crippen LogP contribution in [-0.2, 0) is 0 Å². The van der Waals surface area contributed by atoms with Crippen LogP contribution in [-0.4, -0.2) is 23.9 Å². The molecule has 0 saturated carbocycles. The Kier molecular flexibility index (Phi) is 11.0. The molecule has 0 aliphatic carbocycles. The SMILES string of the molecule is CCCCCCCCCCOc1ccc(C(=O)Oc2ccc(C=Nc3cccc(C)c3)c(O)c2)cc1. The molecule has 0 fully saturated rings. The van der Waals surface area contributed by atoms with Crippen molar-refractivity contribution in [2.24, 2.45) is 4.99 Å².